The highest BCUT2D eigenvalue weighted by Crippen LogP contribution is 2.43. The molecule has 5 rings (SSSR count). The smallest absolute Gasteiger partial charge is 0.264 e. The van der Waals surface area contributed by atoms with Crippen LogP contribution in [0.1, 0.15) is 37.8 Å². The molecule has 0 radical (unpaired) electrons. The Balaban J connectivity index is 1.69. The molecule has 3 aliphatic heterocycles. The van der Waals surface area contributed by atoms with Crippen LogP contribution in [0.15, 0.2) is 65.3 Å². The summed E-state index contributed by atoms with van der Waals surface area (Å²) in [7, 11) is -3.92. The highest BCUT2D eigenvalue weighted by molar-refractivity contribution is 7.92. The molecular weight excluding hydrogens is 466 g/mol. The van der Waals surface area contributed by atoms with Gasteiger partial charge in [0.05, 0.1) is 22.1 Å². The number of aryl methyl sites for hydroxylation is 1. The summed E-state index contributed by atoms with van der Waals surface area (Å²) in [6, 6.07) is 12.0. The molecule has 2 aromatic carbocycles. The molecule has 1 atom stereocenters. The van der Waals surface area contributed by atoms with Gasteiger partial charge in [-0.2, -0.15) is 0 Å². The Morgan fingerprint density at radius 3 is 2.74 bits per heavy atom. The second-order valence-electron chi connectivity index (χ2n) is 9.43. The van der Waals surface area contributed by atoms with E-state index in [-0.39, 0.29) is 16.3 Å². The number of sulfonamides is 1. The van der Waals surface area contributed by atoms with E-state index in [2.05, 4.69) is 5.32 Å². The average Bonchev–Trinajstić information content (AvgIpc) is 2.84. The van der Waals surface area contributed by atoms with Crippen LogP contribution in [0.25, 0.3) is 5.57 Å². The van der Waals surface area contributed by atoms with Crippen LogP contribution in [0.3, 0.4) is 0 Å². The summed E-state index contributed by atoms with van der Waals surface area (Å²) in [4.78, 5) is 25.8. The van der Waals surface area contributed by atoms with Crippen LogP contribution in [0, 0.1) is 5.92 Å². The molecule has 0 bridgehead atoms. The standard InChI is InChI=1S/C26H27N3O5S/c1-26(2)24(30)22(23-18(25(27)31)9-5-13-28-23)19-15-17(11-12-21(19)34-26)35(32,33)29-14-6-8-16-7-3-4-10-20(16)29/h3-5,7,10-13,15,18,28H,6,8-9,14H2,1-2H3,(H2,27,31). The largest absolute Gasteiger partial charge is 0.479 e. The van der Waals surface area contributed by atoms with Crippen molar-refractivity contribution in [3.63, 3.8) is 0 Å². The lowest BCUT2D eigenvalue weighted by molar-refractivity contribution is -0.126. The number of ketones is 1. The number of fused-ring (bicyclic) bond motifs is 2. The van der Waals surface area contributed by atoms with Crippen molar-refractivity contribution in [3.05, 3.63) is 71.6 Å². The summed E-state index contributed by atoms with van der Waals surface area (Å²) in [6.07, 6.45) is 5.29. The summed E-state index contributed by atoms with van der Waals surface area (Å²) in [5, 5.41) is 3.03. The van der Waals surface area contributed by atoms with Gasteiger partial charge in [0.15, 0.2) is 5.60 Å². The molecule has 0 aliphatic carbocycles. The van der Waals surface area contributed by atoms with Gasteiger partial charge in [-0.25, -0.2) is 8.42 Å². The molecule has 2 aromatic rings. The summed E-state index contributed by atoms with van der Waals surface area (Å²) < 4.78 is 35.0. The lowest BCUT2D eigenvalue weighted by Crippen LogP contribution is -2.44. The SMILES string of the molecule is CC1(C)Oc2ccc(S(=O)(=O)N3CCCc4ccccc43)cc2C(=C2NC=CCC2C(N)=O)C1=O. The first kappa shape index (κ1) is 23.2. The zero-order valence-electron chi connectivity index (χ0n) is 19.6. The number of ether oxygens (including phenoxy) is 1. The minimum atomic E-state index is -3.92. The number of hydrogen-bond donors (Lipinski definition) is 2. The molecule has 182 valence electrons. The lowest BCUT2D eigenvalue weighted by atomic mass is 9.82. The number of hydrogen-bond acceptors (Lipinski definition) is 6. The van der Waals surface area contributed by atoms with Gasteiger partial charge in [0.25, 0.3) is 10.0 Å². The monoisotopic (exact) mass is 493 g/mol. The van der Waals surface area contributed by atoms with Gasteiger partial charge >= 0.3 is 0 Å². The van der Waals surface area contributed by atoms with E-state index in [1.54, 1.807) is 32.2 Å². The molecular formula is C26H27N3O5S. The minimum Gasteiger partial charge on any atom is -0.479 e. The van der Waals surface area contributed by atoms with E-state index in [9.17, 15) is 18.0 Å². The van der Waals surface area contributed by atoms with Gasteiger partial charge in [0, 0.05) is 17.8 Å². The number of allylic oxidation sites excluding steroid dienone is 1. The van der Waals surface area contributed by atoms with Crippen LogP contribution in [0.4, 0.5) is 5.69 Å². The van der Waals surface area contributed by atoms with E-state index in [1.165, 1.54) is 16.4 Å². The summed E-state index contributed by atoms with van der Waals surface area (Å²) >= 11 is 0. The Kier molecular flexibility index (Phi) is 5.47. The first-order valence-corrected chi connectivity index (χ1v) is 13.0. The molecule has 3 aliphatic rings. The molecule has 0 saturated carbocycles. The number of rotatable bonds is 3. The maximum atomic E-state index is 13.8. The fraction of sp³-hybridized carbons (Fsp3) is 0.308. The number of para-hydroxylation sites is 1. The molecule has 0 saturated heterocycles. The van der Waals surface area contributed by atoms with E-state index < -0.39 is 27.4 Å². The average molecular weight is 494 g/mol. The summed E-state index contributed by atoms with van der Waals surface area (Å²) in [5.41, 5.74) is 6.99. The second-order valence-corrected chi connectivity index (χ2v) is 11.3. The number of carbonyl (C=O) groups is 2. The molecule has 8 nitrogen and oxygen atoms in total. The van der Waals surface area contributed by atoms with Crippen LogP contribution in [0.5, 0.6) is 5.75 Å². The number of primary amides is 1. The molecule has 0 aromatic heterocycles. The normalized spacial score (nSPS) is 23.1. The first-order valence-electron chi connectivity index (χ1n) is 11.5. The van der Waals surface area contributed by atoms with Crippen molar-refractivity contribution in [1.29, 1.82) is 0 Å². The van der Waals surface area contributed by atoms with E-state index in [4.69, 9.17) is 10.5 Å². The van der Waals surface area contributed by atoms with Gasteiger partial charge in [-0.1, -0.05) is 24.3 Å². The van der Waals surface area contributed by atoms with Crippen molar-refractivity contribution >= 4 is 33.0 Å². The lowest BCUT2D eigenvalue weighted by Gasteiger charge is -2.36. The van der Waals surface area contributed by atoms with E-state index in [1.807, 2.05) is 24.3 Å². The number of carbonyl (C=O) groups excluding carboxylic acids is 2. The predicted octanol–water partition coefficient (Wildman–Crippen LogP) is 2.89. The fourth-order valence-electron chi connectivity index (χ4n) is 4.92. The highest BCUT2D eigenvalue weighted by Gasteiger charge is 2.43. The van der Waals surface area contributed by atoms with Crippen LogP contribution >= 0.6 is 0 Å². The molecule has 3 N–H and O–H groups in total. The number of nitrogens with one attached hydrogen (secondary N) is 1. The first-order chi connectivity index (χ1) is 16.6. The predicted molar refractivity (Wildman–Crippen MR) is 132 cm³/mol. The molecule has 9 heteroatoms. The van der Waals surface area contributed by atoms with E-state index in [0.717, 1.165) is 12.0 Å². The Morgan fingerprint density at radius 1 is 1.20 bits per heavy atom. The molecule has 1 unspecified atom stereocenters. The third-order valence-electron chi connectivity index (χ3n) is 6.70. The Morgan fingerprint density at radius 2 is 1.97 bits per heavy atom. The van der Waals surface area contributed by atoms with Crippen LogP contribution in [-0.2, 0) is 26.0 Å². The zero-order chi connectivity index (χ0) is 25.0. The van der Waals surface area contributed by atoms with Gasteiger partial charge in [-0.15, -0.1) is 0 Å². The van der Waals surface area contributed by atoms with Gasteiger partial charge in [0.1, 0.15) is 5.75 Å². The number of Topliss-reactive ketones (excluding diaryl/α,β-unsaturated/α-hetero) is 1. The summed E-state index contributed by atoms with van der Waals surface area (Å²) in [5.74, 6) is -1.30. The van der Waals surface area contributed by atoms with E-state index >= 15 is 0 Å². The van der Waals surface area contributed by atoms with Gasteiger partial charge in [-0.3, -0.25) is 13.9 Å². The molecule has 35 heavy (non-hydrogen) atoms. The number of anilines is 1. The zero-order valence-corrected chi connectivity index (χ0v) is 20.4. The van der Waals surface area contributed by atoms with Crippen molar-refractivity contribution < 1.29 is 22.7 Å². The number of nitrogens with zero attached hydrogens (tertiary/aromatic N) is 1. The fourth-order valence-corrected chi connectivity index (χ4v) is 6.49. The van der Waals surface area contributed by atoms with E-state index in [0.29, 0.717) is 42.1 Å². The third kappa shape index (κ3) is 3.80. The summed E-state index contributed by atoms with van der Waals surface area (Å²) in [6.45, 7) is 3.65. The van der Waals surface area contributed by atoms with Crippen molar-refractivity contribution in [2.75, 3.05) is 10.8 Å². The van der Waals surface area contributed by atoms with Crippen LogP contribution < -0.4 is 20.1 Å². The third-order valence-corrected chi connectivity index (χ3v) is 8.51. The van der Waals surface area contributed by atoms with Gasteiger partial charge < -0.3 is 15.8 Å². The van der Waals surface area contributed by atoms with Crippen LogP contribution in [0.2, 0.25) is 0 Å². The molecule has 3 heterocycles. The Labute approximate surface area is 204 Å². The number of amides is 1. The second kappa shape index (κ2) is 8.27. The van der Waals surface area contributed by atoms with Gasteiger partial charge in [0.2, 0.25) is 11.7 Å². The number of nitrogens with two attached hydrogens (primary N) is 1. The maximum absolute atomic E-state index is 13.8. The molecule has 0 fully saturated rings. The van der Waals surface area contributed by atoms with Crippen LogP contribution in [-0.4, -0.2) is 32.3 Å². The Bertz CT molecular complexity index is 1410. The minimum absolute atomic E-state index is 0.0455. The number of benzene rings is 2. The molecule has 0 spiro atoms. The maximum Gasteiger partial charge on any atom is 0.264 e. The molecule has 1 amide bonds. The topological polar surface area (TPSA) is 119 Å². The van der Waals surface area contributed by atoms with Crippen molar-refractivity contribution in [2.45, 2.75) is 43.6 Å². The van der Waals surface area contributed by atoms with Crippen molar-refractivity contribution in [2.24, 2.45) is 11.7 Å². The highest BCUT2D eigenvalue weighted by atomic mass is 32.2. The van der Waals surface area contributed by atoms with Gasteiger partial charge in [-0.05, 0) is 69.1 Å². The van der Waals surface area contributed by atoms with Crippen molar-refractivity contribution in [3.8, 4) is 5.75 Å². The van der Waals surface area contributed by atoms with Crippen molar-refractivity contribution in [1.82, 2.24) is 5.32 Å². The quantitative estimate of drug-likeness (QED) is 0.635. The Hall–Kier alpha value is -3.59.